The largest absolute Gasteiger partial charge is 0.480 e. The average molecular weight is 319 g/mol. The predicted molar refractivity (Wildman–Crippen MR) is 79.9 cm³/mol. The minimum absolute atomic E-state index is 0.191. The quantitative estimate of drug-likeness (QED) is 0.789. The van der Waals surface area contributed by atoms with Crippen molar-refractivity contribution in [3.05, 3.63) is 35.7 Å². The summed E-state index contributed by atoms with van der Waals surface area (Å²) in [7, 11) is 1.47. The lowest BCUT2D eigenvalue weighted by Crippen LogP contribution is -2.41. The Labute approximate surface area is 132 Å². The number of ether oxygens (including phenoxy) is 1. The van der Waals surface area contributed by atoms with E-state index in [1.807, 2.05) is 0 Å². The maximum absolute atomic E-state index is 12.1. The van der Waals surface area contributed by atoms with Crippen molar-refractivity contribution in [3.63, 3.8) is 0 Å². The number of carbonyl (C=O) groups is 2. The van der Waals surface area contributed by atoms with Crippen molar-refractivity contribution in [2.45, 2.75) is 19.4 Å². The third-order valence-corrected chi connectivity index (χ3v) is 3.13. The van der Waals surface area contributed by atoms with E-state index in [4.69, 9.17) is 14.3 Å². The van der Waals surface area contributed by atoms with E-state index in [-0.39, 0.29) is 13.0 Å². The third kappa shape index (κ3) is 4.36. The Morgan fingerprint density at radius 3 is 2.52 bits per heavy atom. The summed E-state index contributed by atoms with van der Waals surface area (Å²) in [6.07, 6.45) is 0.191. The van der Waals surface area contributed by atoms with Crippen LogP contribution in [-0.2, 0) is 9.53 Å². The highest BCUT2D eigenvalue weighted by atomic mass is 16.5. The van der Waals surface area contributed by atoms with Gasteiger partial charge < -0.3 is 19.6 Å². The van der Waals surface area contributed by atoms with Crippen LogP contribution in [0.2, 0.25) is 0 Å². The molecular formula is C15H17N3O5. The first-order chi connectivity index (χ1) is 11.0. The van der Waals surface area contributed by atoms with Crippen molar-refractivity contribution in [1.29, 1.82) is 0 Å². The fraction of sp³-hybridized carbons (Fsp3) is 0.333. The summed E-state index contributed by atoms with van der Waals surface area (Å²) in [5, 5.41) is 19.2. The van der Waals surface area contributed by atoms with Gasteiger partial charge in [0.15, 0.2) is 0 Å². The Kier molecular flexibility index (Phi) is 5.42. The van der Waals surface area contributed by atoms with Gasteiger partial charge in [-0.05, 0) is 24.3 Å². The van der Waals surface area contributed by atoms with E-state index in [2.05, 4.69) is 15.5 Å². The molecule has 1 amide bonds. The maximum atomic E-state index is 12.1. The number of nitrogens with zero attached hydrogens (tertiary/aromatic N) is 2. The van der Waals surface area contributed by atoms with Gasteiger partial charge in [0.25, 0.3) is 5.91 Å². The number of nitrogens with one attached hydrogen (secondary N) is 1. The van der Waals surface area contributed by atoms with Crippen molar-refractivity contribution < 1.29 is 23.8 Å². The Bertz CT molecular complexity index is 681. The summed E-state index contributed by atoms with van der Waals surface area (Å²) >= 11 is 0. The lowest BCUT2D eigenvalue weighted by atomic mass is 10.1. The molecule has 0 aliphatic heterocycles. The first-order valence-electron chi connectivity index (χ1n) is 6.94. The van der Waals surface area contributed by atoms with Crippen LogP contribution in [0.25, 0.3) is 11.5 Å². The zero-order valence-electron chi connectivity index (χ0n) is 12.8. The van der Waals surface area contributed by atoms with Crippen LogP contribution in [0.3, 0.4) is 0 Å². The number of hydrogen-bond donors (Lipinski definition) is 2. The summed E-state index contributed by atoms with van der Waals surface area (Å²) in [6, 6.07) is 5.46. The zero-order valence-corrected chi connectivity index (χ0v) is 12.8. The molecule has 1 unspecified atom stereocenters. The molecule has 2 aromatic rings. The number of hydrogen-bond acceptors (Lipinski definition) is 6. The minimum atomic E-state index is -1.10. The van der Waals surface area contributed by atoms with E-state index in [1.54, 1.807) is 31.2 Å². The number of carboxylic acids is 1. The lowest BCUT2D eigenvalue weighted by Gasteiger charge is -2.14. The molecule has 0 bridgehead atoms. The minimum Gasteiger partial charge on any atom is -0.480 e. The molecule has 0 spiro atoms. The van der Waals surface area contributed by atoms with Crippen LogP contribution in [0.15, 0.2) is 28.7 Å². The normalized spacial score (nSPS) is 11.9. The first-order valence-corrected chi connectivity index (χ1v) is 6.94. The molecular weight excluding hydrogens is 302 g/mol. The van der Waals surface area contributed by atoms with Crippen molar-refractivity contribution in [3.8, 4) is 11.5 Å². The average Bonchev–Trinajstić information content (AvgIpc) is 2.97. The van der Waals surface area contributed by atoms with Gasteiger partial charge in [-0.1, -0.05) is 0 Å². The van der Waals surface area contributed by atoms with Gasteiger partial charge in [-0.25, -0.2) is 4.79 Å². The van der Waals surface area contributed by atoms with E-state index in [0.29, 0.717) is 22.9 Å². The van der Waals surface area contributed by atoms with Crippen molar-refractivity contribution in [2.75, 3.05) is 13.7 Å². The molecule has 0 saturated heterocycles. The topological polar surface area (TPSA) is 115 Å². The van der Waals surface area contributed by atoms with Gasteiger partial charge >= 0.3 is 5.97 Å². The Balaban J connectivity index is 2.06. The molecule has 8 nitrogen and oxygen atoms in total. The van der Waals surface area contributed by atoms with E-state index >= 15 is 0 Å². The molecule has 0 radical (unpaired) electrons. The Morgan fingerprint density at radius 1 is 1.30 bits per heavy atom. The summed E-state index contributed by atoms with van der Waals surface area (Å²) in [6.45, 7) is 1.93. The molecule has 0 fully saturated rings. The number of aryl methyl sites for hydroxylation is 1. The zero-order chi connectivity index (χ0) is 16.8. The van der Waals surface area contributed by atoms with E-state index < -0.39 is 17.9 Å². The summed E-state index contributed by atoms with van der Waals surface area (Å²) in [5.74, 6) is -0.766. The second-order valence-electron chi connectivity index (χ2n) is 4.85. The summed E-state index contributed by atoms with van der Waals surface area (Å²) in [5.41, 5.74) is 1.02. The molecule has 1 atom stereocenters. The predicted octanol–water partition coefficient (Wildman–Crippen LogP) is 1.26. The Morgan fingerprint density at radius 2 is 2.00 bits per heavy atom. The smallest absolute Gasteiger partial charge is 0.326 e. The van der Waals surface area contributed by atoms with Gasteiger partial charge in [0, 0.05) is 38.2 Å². The standard InChI is InChI=1S/C15H17N3O5/c1-9-17-18-14(23-9)11-5-3-10(4-6-11)13(19)16-12(15(20)21)7-8-22-2/h3-6,12H,7-8H2,1-2H3,(H,16,19)(H,20,21). The molecule has 8 heteroatoms. The van der Waals surface area contributed by atoms with Crippen LogP contribution in [0.4, 0.5) is 0 Å². The van der Waals surface area contributed by atoms with Crippen LogP contribution in [0.1, 0.15) is 22.7 Å². The van der Waals surface area contributed by atoms with E-state index in [0.717, 1.165) is 0 Å². The molecule has 1 heterocycles. The number of amides is 1. The molecule has 23 heavy (non-hydrogen) atoms. The second kappa shape index (κ2) is 7.50. The van der Waals surface area contributed by atoms with Crippen LogP contribution in [0.5, 0.6) is 0 Å². The van der Waals surface area contributed by atoms with Gasteiger partial charge in [-0.2, -0.15) is 0 Å². The van der Waals surface area contributed by atoms with Gasteiger partial charge in [0.2, 0.25) is 11.8 Å². The van der Waals surface area contributed by atoms with Crippen LogP contribution in [-0.4, -0.2) is 46.9 Å². The fourth-order valence-corrected chi connectivity index (χ4v) is 1.91. The van der Waals surface area contributed by atoms with Gasteiger partial charge in [0.05, 0.1) is 0 Å². The van der Waals surface area contributed by atoms with Crippen molar-refractivity contribution in [1.82, 2.24) is 15.5 Å². The molecule has 0 aliphatic carbocycles. The lowest BCUT2D eigenvalue weighted by molar-refractivity contribution is -0.139. The Hall–Kier alpha value is -2.74. The number of aliphatic carboxylic acids is 1. The molecule has 1 aromatic carbocycles. The third-order valence-electron chi connectivity index (χ3n) is 3.13. The molecule has 1 aromatic heterocycles. The molecule has 122 valence electrons. The molecule has 0 saturated carbocycles. The van der Waals surface area contributed by atoms with E-state index in [9.17, 15) is 9.59 Å². The van der Waals surface area contributed by atoms with E-state index in [1.165, 1.54) is 7.11 Å². The summed E-state index contributed by atoms with van der Waals surface area (Å²) in [4.78, 5) is 23.2. The highest BCUT2D eigenvalue weighted by Gasteiger charge is 2.20. The molecule has 2 N–H and O–H groups in total. The highest BCUT2D eigenvalue weighted by molar-refractivity contribution is 5.96. The molecule has 2 rings (SSSR count). The second-order valence-corrected chi connectivity index (χ2v) is 4.85. The number of carboxylic acid groups (broad SMARTS) is 1. The SMILES string of the molecule is COCCC(NC(=O)c1ccc(-c2nnc(C)o2)cc1)C(=O)O. The van der Waals surface area contributed by atoms with Crippen molar-refractivity contribution >= 4 is 11.9 Å². The fourth-order valence-electron chi connectivity index (χ4n) is 1.91. The van der Waals surface area contributed by atoms with Gasteiger partial charge in [-0.15, -0.1) is 10.2 Å². The maximum Gasteiger partial charge on any atom is 0.326 e. The van der Waals surface area contributed by atoms with Crippen LogP contribution in [0, 0.1) is 6.92 Å². The first kappa shape index (κ1) is 16.6. The van der Waals surface area contributed by atoms with Crippen LogP contribution >= 0.6 is 0 Å². The highest BCUT2D eigenvalue weighted by Crippen LogP contribution is 2.18. The number of rotatable bonds is 7. The van der Waals surface area contributed by atoms with Crippen molar-refractivity contribution in [2.24, 2.45) is 0 Å². The summed E-state index contributed by atoms with van der Waals surface area (Å²) < 4.78 is 10.1. The number of aromatic nitrogens is 2. The van der Waals surface area contributed by atoms with Gasteiger partial charge in [0.1, 0.15) is 6.04 Å². The number of carbonyl (C=O) groups excluding carboxylic acids is 1. The van der Waals surface area contributed by atoms with Crippen LogP contribution < -0.4 is 5.32 Å². The molecule has 0 aliphatic rings. The monoisotopic (exact) mass is 319 g/mol. The number of methoxy groups -OCH3 is 1. The number of benzene rings is 1. The van der Waals surface area contributed by atoms with Gasteiger partial charge in [-0.3, -0.25) is 4.79 Å².